The van der Waals surface area contributed by atoms with E-state index >= 15 is 0 Å². The van der Waals surface area contributed by atoms with Gasteiger partial charge in [-0.25, -0.2) is 19.9 Å². The van der Waals surface area contributed by atoms with Gasteiger partial charge in [0, 0.05) is 23.5 Å². The first-order valence-electron chi connectivity index (χ1n) is 4.54. The van der Waals surface area contributed by atoms with Crippen LogP contribution in [0.2, 0.25) is 0 Å². The van der Waals surface area contributed by atoms with Crippen LogP contribution in [-0.4, -0.2) is 39.0 Å². The summed E-state index contributed by atoms with van der Waals surface area (Å²) in [5.41, 5.74) is 0.834. The van der Waals surface area contributed by atoms with Crippen molar-refractivity contribution in [1.82, 2.24) is 4.90 Å². The topological polar surface area (TPSA) is 75.7 Å². The average molecular weight is 233 g/mol. The molecule has 80 valence electrons. The number of allylic oxidation sites excluding steroid dienone is 1. The Morgan fingerprint density at radius 3 is 3.00 bits per heavy atom. The Morgan fingerprint density at radius 1 is 1.31 bits per heavy atom. The summed E-state index contributed by atoms with van der Waals surface area (Å²) in [6, 6.07) is 0. The fourth-order valence-electron chi connectivity index (χ4n) is 1.51. The van der Waals surface area contributed by atoms with Crippen LogP contribution in [0, 0.1) is 0 Å². The molecule has 0 bridgehead atoms. The summed E-state index contributed by atoms with van der Waals surface area (Å²) in [6.45, 7) is 0. The van der Waals surface area contributed by atoms with Gasteiger partial charge < -0.3 is 4.55 Å². The van der Waals surface area contributed by atoms with E-state index in [0.717, 1.165) is 5.70 Å². The van der Waals surface area contributed by atoms with Crippen LogP contribution < -0.4 is 0 Å². The molecule has 1 unspecified atom stereocenters. The molecule has 3 aliphatic rings. The van der Waals surface area contributed by atoms with Gasteiger partial charge in [0.25, 0.3) is 0 Å². The first-order chi connectivity index (χ1) is 7.75. The molecule has 0 aromatic carbocycles. The maximum atomic E-state index is 11.4. The van der Waals surface area contributed by atoms with Crippen LogP contribution in [0.5, 0.6) is 0 Å². The summed E-state index contributed by atoms with van der Waals surface area (Å²) in [4.78, 5) is 18.1. The Bertz CT molecular complexity index is 524. The van der Waals surface area contributed by atoms with Gasteiger partial charge in [0.1, 0.15) is 12.6 Å². The third kappa shape index (κ3) is 1.33. The maximum absolute atomic E-state index is 11.4. The zero-order chi connectivity index (χ0) is 11.1. The van der Waals surface area contributed by atoms with Crippen molar-refractivity contribution >= 4 is 34.5 Å². The third-order valence-electron chi connectivity index (χ3n) is 2.22. The van der Waals surface area contributed by atoms with Crippen molar-refractivity contribution in [2.24, 2.45) is 20.0 Å². The molecule has 0 saturated heterocycles. The second kappa shape index (κ2) is 3.39. The Kier molecular flexibility index (Phi) is 2.01. The van der Waals surface area contributed by atoms with Crippen molar-refractivity contribution in [2.45, 2.75) is 0 Å². The van der Waals surface area contributed by atoms with E-state index in [2.05, 4.69) is 20.0 Å². The van der Waals surface area contributed by atoms with E-state index in [1.54, 1.807) is 29.5 Å². The van der Waals surface area contributed by atoms with Crippen LogP contribution >= 0.6 is 0 Å². The second-order valence-corrected chi connectivity index (χ2v) is 4.55. The lowest BCUT2D eigenvalue weighted by Crippen LogP contribution is -2.40. The van der Waals surface area contributed by atoms with E-state index in [1.807, 2.05) is 0 Å². The van der Waals surface area contributed by atoms with Crippen LogP contribution in [0.1, 0.15) is 0 Å². The number of hydrogen-bond donors (Lipinski definition) is 0. The Hall–Kier alpha value is -1.73. The molecule has 0 radical (unpaired) electrons. The second-order valence-electron chi connectivity index (χ2n) is 3.23. The lowest BCUT2D eigenvalue weighted by atomic mass is 10.3. The third-order valence-corrected chi connectivity index (χ3v) is 3.01. The molecule has 1 atom stereocenters. The molecule has 0 fully saturated rings. The zero-order valence-electron chi connectivity index (χ0n) is 8.36. The van der Waals surface area contributed by atoms with E-state index in [-0.39, 0.29) is 0 Å². The highest BCUT2D eigenvalue weighted by Gasteiger charge is 2.30. The number of guanidine groups is 2. The van der Waals surface area contributed by atoms with Gasteiger partial charge in [-0.05, 0) is 6.08 Å². The molecule has 3 rings (SSSR count). The SMILES string of the molecule is C[S+]([O-])C1=NC2=NC=NC3=NC=CC(=C1)N32. The van der Waals surface area contributed by atoms with E-state index in [9.17, 15) is 4.55 Å². The van der Waals surface area contributed by atoms with Crippen molar-refractivity contribution in [3.63, 3.8) is 0 Å². The first kappa shape index (κ1) is 9.49. The molecule has 0 spiro atoms. The molecular formula is C9H7N5OS. The summed E-state index contributed by atoms with van der Waals surface area (Å²) in [5, 5.41) is 0.506. The van der Waals surface area contributed by atoms with Crippen LogP contribution in [0.4, 0.5) is 0 Å². The molecule has 0 aromatic rings. The molecule has 0 N–H and O–H groups in total. The minimum Gasteiger partial charge on any atom is -0.610 e. The van der Waals surface area contributed by atoms with Crippen LogP contribution in [0.15, 0.2) is 44.0 Å². The molecular weight excluding hydrogens is 226 g/mol. The van der Waals surface area contributed by atoms with Crippen LogP contribution in [0.25, 0.3) is 0 Å². The summed E-state index contributed by atoms with van der Waals surface area (Å²) >= 11 is -1.13. The van der Waals surface area contributed by atoms with E-state index in [4.69, 9.17) is 0 Å². The Morgan fingerprint density at radius 2 is 2.19 bits per heavy atom. The van der Waals surface area contributed by atoms with Gasteiger partial charge in [0.2, 0.25) is 17.0 Å². The Balaban J connectivity index is 2.14. The largest absolute Gasteiger partial charge is 0.610 e. The maximum Gasteiger partial charge on any atom is 0.249 e. The molecule has 3 aliphatic heterocycles. The van der Waals surface area contributed by atoms with Gasteiger partial charge in [0.15, 0.2) is 0 Å². The highest BCUT2D eigenvalue weighted by atomic mass is 32.2. The minimum atomic E-state index is -1.13. The summed E-state index contributed by atoms with van der Waals surface area (Å²) in [6.07, 6.45) is 8.19. The van der Waals surface area contributed by atoms with Crippen molar-refractivity contribution in [1.29, 1.82) is 0 Å². The van der Waals surface area contributed by atoms with E-state index in [1.165, 1.54) is 6.34 Å². The van der Waals surface area contributed by atoms with Gasteiger partial charge in [-0.3, -0.25) is 0 Å². The zero-order valence-corrected chi connectivity index (χ0v) is 9.18. The van der Waals surface area contributed by atoms with Gasteiger partial charge in [-0.15, -0.1) is 0 Å². The predicted molar refractivity (Wildman–Crippen MR) is 63.9 cm³/mol. The van der Waals surface area contributed by atoms with Crippen LogP contribution in [-0.2, 0) is 11.2 Å². The molecule has 0 aliphatic carbocycles. The summed E-state index contributed by atoms with van der Waals surface area (Å²) in [5.74, 6) is 0.990. The number of hydrogen-bond acceptors (Lipinski definition) is 6. The minimum absolute atomic E-state index is 0.459. The van der Waals surface area contributed by atoms with Gasteiger partial charge >= 0.3 is 0 Å². The number of nitrogens with zero attached hydrogens (tertiary/aromatic N) is 5. The van der Waals surface area contributed by atoms with E-state index < -0.39 is 11.2 Å². The highest BCUT2D eigenvalue weighted by molar-refractivity contribution is 8.06. The Labute approximate surface area is 94.7 Å². The highest BCUT2D eigenvalue weighted by Crippen LogP contribution is 2.21. The smallest absolute Gasteiger partial charge is 0.249 e. The lowest BCUT2D eigenvalue weighted by Gasteiger charge is -2.29. The van der Waals surface area contributed by atoms with Gasteiger partial charge in [-0.1, -0.05) is 0 Å². The van der Waals surface area contributed by atoms with Crippen molar-refractivity contribution in [3.8, 4) is 0 Å². The van der Waals surface area contributed by atoms with Crippen molar-refractivity contribution in [3.05, 3.63) is 24.0 Å². The summed E-state index contributed by atoms with van der Waals surface area (Å²) in [7, 11) is 0. The molecule has 0 amide bonds. The fourth-order valence-corrected chi connectivity index (χ4v) is 2.01. The average Bonchev–Trinajstić information content (AvgIpc) is 2.29. The first-order valence-corrected chi connectivity index (χ1v) is 6.10. The standard InChI is InChI=1S/C9H7N5OS/c1-16(15)7-4-6-2-3-10-8-11-5-12-9(13-7)14(6)8/h2-5H,1H3. The number of rotatable bonds is 0. The molecule has 3 heterocycles. The normalized spacial score (nSPS) is 23.0. The van der Waals surface area contributed by atoms with Gasteiger partial charge in [0.05, 0.1) is 5.70 Å². The summed E-state index contributed by atoms with van der Waals surface area (Å²) < 4.78 is 11.4. The quantitative estimate of drug-likeness (QED) is 0.562. The predicted octanol–water partition coefficient (Wildman–Crippen LogP) is 0.244. The molecule has 6 nitrogen and oxygen atoms in total. The molecule has 0 saturated carbocycles. The molecule has 0 aromatic heterocycles. The van der Waals surface area contributed by atoms with Crippen LogP contribution in [0.3, 0.4) is 0 Å². The number of aliphatic imine (C=N–C) groups is 4. The molecule has 16 heavy (non-hydrogen) atoms. The van der Waals surface area contributed by atoms with E-state index in [0.29, 0.717) is 17.0 Å². The monoisotopic (exact) mass is 233 g/mol. The van der Waals surface area contributed by atoms with Gasteiger partial charge in [-0.2, -0.15) is 4.99 Å². The van der Waals surface area contributed by atoms with Crippen molar-refractivity contribution < 1.29 is 4.55 Å². The fraction of sp³-hybridized carbons (Fsp3) is 0.111. The van der Waals surface area contributed by atoms with Crippen molar-refractivity contribution in [2.75, 3.05) is 6.26 Å². The lowest BCUT2D eigenvalue weighted by molar-refractivity contribution is 0.611. The molecule has 7 heteroatoms.